The lowest BCUT2D eigenvalue weighted by atomic mass is 10.1. The molecule has 104 valence electrons. The highest BCUT2D eigenvalue weighted by Crippen LogP contribution is 2.26. The van der Waals surface area contributed by atoms with E-state index in [1.807, 2.05) is 0 Å². The van der Waals surface area contributed by atoms with Crippen molar-refractivity contribution in [2.24, 2.45) is 0 Å². The Labute approximate surface area is 110 Å². The first-order valence-corrected chi connectivity index (χ1v) is 5.43. The van der Waals surface area contributed by atoms with Crippen LogP contribution in [0, 0.1) is 0 Å². The molecule has 0 radical (unpaired) electrons. The highest BCUT2D eigenvalue weighted by atomic mass is 19.4. The zero-order chi connectivity index (χ0) is 14.8. The van der Waals surface area contributed by atoms with Gasteiger partial charge < -0.3 is 9.72 Å². The van der Waals surface area contributed by atoms with Crippen molar-refractivity contribution in [1.29, 1.82) is 0 Å². The molecule has 4 nitrogen and oxygen atoms in total. The van der Waals surface area contributed by atoms with Gasteiger partial charge in [-0.05, 0) is 29.3 Å². The number of carbonyl (C=O) groups excluding carboxylic acids is 1. The molecule has 0 amide bonds. The monoisotopic (exact) mass is 283 g/mol. The van der Waals surface area contributed by atoms with Crippen molar-refractivity contribution in [2.75, 3.05) is 0 Å². The zero-order valence-corrected chi connectivity index (χ0v) is 9.90. The number of alkyl halides is 3. The first-order valence-electron chi connectivity index (χ1n) is 5.43. The number of aldehydes is 1. The molecule has 1 heterocycles. The van der Waals surface area contributed by atoms with Gasteiger partial charge in [-0.15, -0.1) is 13.2 Å². The van der Waals surface area contributed by atoms with Crippen molar-refractivity contribution in [3.8, 4) is 16.9 Å². The Morgan fingerprint density at radius 3 is 2.30 bits per heavy atom. The summed E-state index contributed by atoms with van der Waals surface area (Å²) in [6, 6.07) is 6.43. The summed E-state index contributed by atoms with van der Waals surface area (Å²) in [5.41, 5.74) is 0.461. The Hall–Kier alpha value is -2.57. The van der Waals surface area contributed by atoms with Gasteiger partial charge in [0, 0.05) is 6.20 Å². The van der Waals surface area contributed by atoms with E-state index in [9.17, 15) is 22.8 Å². The fourth-order valence-electron chi connectivity index (χ4n) is 1.60. The molecule has 0 spiro atoms. The third-order valence-electron chi connectivity index (χ3n) is 2.48. The minimum atomic E-state index is -4.75. The van der Waals surface area contributed by atoms with E-state index in [1.54, 1.807) is 0 Å². The van der Waals surface area contributed by atoms with Crippen LogP contribution in [0.3, 0.4) is 0 Å². The molecular weight excluding hydrogens is 275 g/mol. The number of nitrogens with one attached hydrogen (secondary N) is 1. The van der Waals surface area contributed by atoms with Gasteiger partial charge in [0.15, 0.2) is 6.29 Å². The molecule has 0 bridgehead atoms. The Balaban J connectivity index is 2.30. The van der Waals surface area contributed by atoms with E-state index in [1.165, 1.54) is 24.4 Å². The summed E-state index contributed by atoms with van der Waals surface area (Å²) >= 11 is 0. The smallest absolute Gasteiger partial charge is 0.406 e. The summed E-state index contributed by atoms with van der Waals surface area (Å²) in [5, 5.41) is 0. The first kappa shape index (κ1) is 13.9. The highest BCUT2D eigenvalue weighted by Gasteiger charge is 2.30. The van der Waals surface area contributed by atoms with Crippen LogP contribution in [-0.4, -0.2) is 17.6 Å². The number of pyridine rings is 1. The lowest BCUT2D eigenvalue weighted by molar-refractivity contribution is -0.274. The summed E-state index contributed by atoms with van der Waals surface area (Å²) in [6.45, 7) is 0. The third-order valence-corrected chi connectivity index (χ3v) is 2.48. The number of halogens is 3. The van der Waals surface area contributed by atoms with E-state index in [-0.39, 0.29) is 11.3 Å². The third kappa shape index (κ3) is 3.25. The van der Waals surface area contributed by atoms with E-state index in [0.717, 1.165) is 12.1 Å². The van der Waals surface area contributed by atoms with Crippen LogP contribution in [0.5, 0.6) is 5.75 Å². The molecule has 2 rings (SSSR count). The Bertz CT molecular complexity index is 674. The van der Waals surface area contributed by atoms with Gasteiger partial charge >= 0.3 is 6.36 Å². The molecule has 20 heavy (non-hydrogen) atoms. The highest BCUT2D eigenvalue weighted by molar-refractivity contribution is 5.77. The van der Waals surface area contributed by atoms with E-state index in [2.05, 4.69) is 9.72 Å². The molecule has 0 aliphatic heterocycles. The average molecular weight is 283 g/mol. The van der Waals surface area contributed by atoms with Crippen LogP contribution in [0.15, 0.2) is 41.3 Å². The first-order chi connectivity index (χ1) is 9.39. The molecule has 0 fully saturated rings. The fraction of sp³-hybridized carbons (Fsp3) is 0.0769. The van der Waals surface area contributed by atoms with Gasteiger partial charge in [-0.1, -0.05) is 12.1 Å². The normalized spacial score (nSPS) is 11.2. The maximum atomic E-state index is 12.0. The summed E-state index contributed by atoms with van der Waals surface area (Å²) < 4.78 is 39.8. The van der Waals surface area contributed by atoms with Crippen molar-refractivity contribution in [1.82, 2.24) is 4.98 Å². The number of rotatable bonds is 3. The number of ether oxygens (including phenoxy) is 1. The Morgan fingerprint density at radius 2 is 1.75 bits per heavy atom. The number of carbonyl (C=O) groups is 1. The molecule has 0 aliphatic carbocycles. The SMILES string of the molecule is O=Cc1cc(-c2ccc(OC(F)(F)F)cc2)c[nH]c1=O. The van der Waals surface area contributed by atoms with Gasteiger partial charge in [0.1, 0.15) is 5.75 Å². The van der Waals surface area contributed by atoms with E-state index in [4.69, 9.17) is 0 Å². The number of aromatic amines is 1. The van der Waals surface area contributed by atoms with Crippen LogP contribution in [0.4, 0.5) is 13.2 Å². The molecule has 0 saturated heterocycles. The summed E-state index contributed by atoms with van der Waals surface area (Å²) in [5.74, 6) is -0.346. The molecule has 0 unspecified atom stereocenters. The van der Waals surface area contributed by atoms with Crippen molar-refractivity contribution >= 4 is 6.29 Å². The second kappa shape index (κ2) is 5.20. The lowest BCUT2D eigenvalue weighted by Crippen LogP contribution is -2.16. The molecule has 0 saturated carbocycles. The van der Waals surface area contributed by atoms with E-state index < -0.39 is 11.9 Å². The van der Waals surface area contributed by atoms with Gasteiger partial charge in [0.25, 0.3) is 5.56 Å². The van der Waals surface area contributed by atoms with E-state index >= 15 is 0 Å². The van der Waals surface area contributed by atoms with Crippen LogP contribution in [-0.2, 0) is 0 Å². The molecular formula is C13H8F3NO3. The number of H-pyrrole nitrogens is 1. The quantitative estimate of drug-likeness (QED) is 0.881. The molecule has 0 atom stereocenters. The van der Waals surface area contributed by atoms with Crippen molar-refractivity contribution in [3.05, 3.63) is 52.4 Å². The zero-order valence-electron chi connectivity index (χ0n) is 9.90. The second-order valence-corrected chi connectivity index (χ2v) is 3.86. The molecule has 7 heteroatoms. The molecule has 1 aromatic carbocycles. The van der Waals surface area contributed by atoms with Crippen molar-refractivity contribution in [2.45, 2.75) is 6.36 Å². The van der Waals surface area contributed by atoms with Gasteiger partial charge in [-0.25, -0.2) is 0 Å². The summed E-state index contributed by atoms with van der Waals surface area (Å²) in [7, 11) is 0. The van der Waals surface area contributed by atoms with E-state index in [0.29, 0.717) is 17.4 Å². The minimum absolute atomic E-state index is 0.0573. The van der Waals surface area contributed by atoms with Gasteiger partial charge in [-0.3, -0.25) is 9.59 Å². The lowest BCUT2D eigenvalue weighted by Gasteiger charge is -2.09. The van der Waals surface area contributed by atoms with Crippen LogP contribution in [0.1, 0.15) is 10.4 Å². The van der Waals surface area contributed by atoms with Gasteiger partial charge in [0.2, 0.25) is 0 Å². The summed E-state index contributed by atoms with van der Waals surface area (Å²) in [4.78, 5) is 24.2. The maximum absolute atomic E-state index is 12.0. The summed E-state index contributed by atoms with van der Waals surface area (Å²) in [6.07, 6.45) is -2.97. The fourth-order valence-corrected chi connectivity index (χ4v) is 1.60. The van der Waals surface area contributed by atoms with Crippen LogP contribution in [0.2, 0.25) is 0 Å². The predicted molar refractivity (Wildman–Crippen MR) is 64.6 cm³/mol. The number of hydrogen-bond acceptors (Lipinski definition) is 3. The average Bonchev–Trinajstić information content (AvgIpc) is 2.38. The van der Waals surface area contributed by atoms with Crippen molar-refractivity contribution < 1.29 is 22.7 Å². The number of aromatic nitrogens is 1. The number of benzene rings is 1. The minimum Gasteiger partial charge on any atom is -0.406 e. The predicted octanol–water partition coefficient (Wildman–Crippen LogP) is 2.75. The topological polar surface area (TPSA) is 59.2 Å². The largest absolute Gasteiger partial charge is 0.573 e. The number of hydrogen-bond donors (Lipinski definition) is 1. The van der Waals surface area contributed by atoms with Crippen LogP contribution < -0.4 is 10.3 Å². The molecule has 2 aromatic rings. The standard InChI is InChI=1S/C13H8F3NO3/c14-13(15,16)20-11-3-1-8(2-4-11)9-5-10(7-18)12(19)17-6-9/h1-7H,(H,17,19). The van der Waals surface area contributed by atoms with Gasteiger partial charge in [-0.2, -0.15) is 0 Å². The van der Waals surface area contributed by atoms with Crippen LogP contribution in [0.25, 0.3) is 11.1 Å². The molecule has 1 N–H and O–H groups in total. The maximum Gasteiger partial charge on any atom is 0.573 e. The van der Waals surface area contributed by atoms with Crippen molar-refractivity contribution in [3.63, 3.8) is 0 Å². The Kier molecular flexibility index (Phi) is 3.60. The molecule has 1 aromatic heterocycles. The van der Waals surface area contributed by atoms with Crippen LogP contribution >= 0.6 is 0 Å². The Morgan fingerprint density at radius 1 is 1.10 bits per heavy atom. The second-order valence-electron chi connectivity index (χ2n) is 3.86. The molecule has 0 aliphatic rings. The van der Waals surface area contributed by atoms with Gasteiger partial charge in [0.05, 0.1) is 5.56 Å².